The smallest absolute Gasteiger partial charge is 0.128 e. The van der Waals surface area contributed by atoms with Crippen LogP contribution in [0.15, 0.2) is 18.2 Å². The molecule has 0 spiro atoms. The molecule has 1 aromatic carbocycles. The fourth-order valence-electron chi connectivity index (χ4n) is 2.86. The van der Waals surface area contributed by atoms with Crippen molar-refractivity contribution in [1.82, 2.24) is 9.80 Å². The normalized spacial score (nSPS) is 19.2. The van der Waals surface area contributed by atoms with Crippen molar-refractivity contribution in [3.63, 3.8) is 0 Å². The second-order valence-electron chi connectivity index (χ2n) is 5.29. The van der Waals surface area contributed by atoms with Crippen molar-refractivity contribution < 1.29 is 8.78 Å². The number of piperazine rings is 1. The Balaban J connectivity index is 2.07. The van der Waals surface area contributed by atoms with Crippen molar-refractivity contribution in [3.05, 3.63) is 35.4 Å². The first kappa shape index (κ1) is 15.4. The van der Waals surface area contributed by atoms with Gasteiger partial charge in [0.25, 0.3) is 0 Å². The molecule has 1 saturated heterocycles. The number of rotatable bonds is 5. The molecule has 1 unspecified atom stereocenters. The summed E-state index contributed by atoms with van der Waals surface area (Å²) >= 11 is 0. The molecule has 1 atom stereocenters. The zero-order chi connectivity index (χ0) is 14.5. The van der Waals surface area contributed by atoms with E-state index in [0.29, 0.717) is 12.1 Å². The quantitative estimate of drug-likeness (QED) is 0.897. The van der Waals surface area contributed by atoms with Crippen molar-refractivity contribution in [2.24, 2.45) is 5.73 Å². The Morgan fingerprint density at radius 3 is 2.50 bits per heavy atom. The van der Waals surface area contributed by atoms with Gasteiger partial charge in [-0.15, -0.1) is 0 Å². The number of nitrogens with two attached hydrogens (primary N) is 1. The standard InChI is InChI=1S/C15H23F2N3/c1-2-5-19-6-8-20(9-7-19)15(11-18)13-10-12(16)3-4-14(13)17/h3-4,10,15H,2,5-9,11,18H2,1H3. The summed E-state index contributed by atoms with van der Waals surface area (Å²) < 4.78 is 27.2. The molecular formula is C15H23F2N3. The van der Waals surface area contributed by atoms with Crippen LogP contribution in [-0.2, 0) is 0 Å². The molecule has 5 heteroatoms. The highest BCUT2D eigenvalue weighted by atomic mass is 19.1. The minimum absolute atomic E-state index is 0.241. The van der Waals surface area contributed by atoms with Gasteiger partial charge in [0.15, 0.2) is 0 Å². The largest absolute Gasteiger partial charge is 0.329 e. The molecule has 1 aliphatic heterocycles. The Bertz CT molecular complexity index is 431. The molecule has 1 aromatic rings. The van der Waals surface area contributed by atoms with Gasteiger partial charge in [-0.25, -0.2) is 8.78 Å². The van der Waals surface area contributed by atoms with E-state index in [1.54, 1.807) is 0 Å². The third-order valence-corrected chi connectivity index (χ3v) is 3.93. The predicted molar refractivity (Wildman–Crippen MR) is 76.5 cm³/mol. The van der Waals surface area contributed by atoms with Gasteiger partial charge in [-0.3, -0.25) is 4.90 Å². The fourth-order valence-corrected chi connectivity index (χ4v) is 2.86. The van der Waals surface area contributed by atoms with E-state index in [2.05, 4.69) is 16.7 Å². The lowest BCUT2D eigenvalue weighted by atomic mass is 10.0. The highest BCUT2D eigenvalue weighted by molar-refractivity contribution is 5.23. The topological polar surface area (TPSA) is 32.5 Å². The zero-order valence-electron chi connectivity index (χ0n) is 12.0. The van der Waals surface area contributed by atoms with E-state index in [1.807, 2.05) is 0 Å². The lowest BCUT2D eigenvalue weighted by molar-refractivity contribution is 0.0970. The summed E-state index contributed by atoms with van der Waals surface area (Å²) in [6, 6.07) is 3.35. The summed E-state index contributed by atoms with van der Waals surface area (Å²) in [5.41, 5.74) is 6.18. The Hall–Kier alpha value is -1.04. The molecule has 0 amide bonds. The SMILES string of the molecule is CCCN1CCN(C(CN)c2cc(F)ccc2F)CC1. The van der Waals surface area contributed by atoms with E-state index in [4.69, 9.17) is 5.73 Å². The van der Waals surface area contributed by atoms with Crippen LogP contribution in [-0.4, -0.2) is 49.1 Å². The number of hydrogen-bond donors (Lipinski definition) is 1. The summed E-state index contributed by atoms with van der Waals surface area (Å²) in [5, 5.41) is 0. The first-order chi connectivity index (χ1) is 9.65. The van der Waals surface area contributed by atoms with E-state index in [9.17, 15) is 8.78 Å². The first-order valence-electron chi connectivity index (χ1n) is 7.27. The van der Waals surface area contributed by atoms with E-state index in [1.165, 1.54) is 12.1 Å². The van der Waals surface area contributed by atoms with Crippen molar-refractivity contribution in [2.75, 3.05) is 39.3 Å². The molecule has 20 heavy (non-hydrogen) atoms. The molecule has 1 heterocycles. The number of nitrogens with zero attached hydrogens (tertiary/aromatic N) is 2. The van der Waals surface area contributed by atoms with Gasteiger partial charge in [-0.1, -0.05) is 6.92 Å². The van der Waals surface area contributed by atoms with Crippen molar-refractivity contribution in [2.45, 2.75) is 19.4 Å². The van der Waals surface area contributed by atoms with Gasteiger partial charge in [0.1, 0.15) is 11.6 Å². The van der Waals surface area contributed by atoms with Crippen LogP contribution in [0.1, 0.15) is 24.9 Å². The van der Waals surface area contributed by atoms with Crippen LogP contribution in [0.3, 0.4) is 0 Å². The van der Waals surface area contributed by atoms with Crippen LogP contribution in [0, 0.1) is 11.6 Å². The maximum absolute atomic E-state index is 13.9. The Morgan fingerprint density at radius 2 is 1.90 bits per heavy atom. The fraction of sp³-hybridized carbons (Fsp3) is 0.600. The summed E-state index contributed by atoms with van der Waals surface area (Å²) in [6.45, 7) is 7.17. The minimum Gasteiger partial charge on any atom is -0.329 e. The molecule has 0 radical (unpaired) electrons. The van der Waals surface area contributed by atoms with Crippen LogP contribution in [0.4, 0.5) is 8.78 Å². The second-order valence-corrected chi connectivity index (χ2v) is 5.29. The molecule has 1 fully saturated rings. The highest BCUT2D eigenvalue weighted by Gasteiger charge is 2.26. The van der Waals surface area contributed by atoms with E-state index in [0.717, 1.165) is 45.2 Å². The van der Waals surface area contributed by atoms with Crippen molar-refractivity contribution >= 4 is 0 Å². The maximum atomic E-state index is 13.9. The molecule has 0 aromatic heterocycles. The summed E-state index contributed by atoms with van der Waals surface area (Å²) in [6.07, 6.45) is 1.14. The highest BCUT2D eigenvalue weighted by Crippen LogP contribution is 2.24. The average Bonchev–Trinajstić information content (AvgIpc) is 2.45. The molecule has 2 N–H and O–H groups in total. The summed E-state index contributed by atoms with van der Waals surface area (Å²) in [5.74, 6) is -0.790. The third-order valence-electron chi connectivity index (χ3n) is 3.93. The third kappa shape index (κ3) is 3.53. The lowest BCUT2D eigenvalue weighted by Crippen LogP contribution is -2.49. The van der Waals surface area contributed by atoms with Crippen LogP contribution in [0.5, 0.6) is 0 Å². The van der Waals surface area contributed by atoms with Gasteiger partial charge in [0, 0.05) is 38.3 Å². The Kier molecular flexibility index (Phi) is 5.46. The van der Waals surface area contributed by atoms with Crippen LogP contribution >= 0.6 is 0 Å². The molecule has 0 aliphatic carbocycles. The lowest BCUT2D eigenvalue weighted by Gasteiger charge is -2.39. The number of benzene rings is 1. The van der Waals surface area contributed by atoms with Crippen molar-refractivity contribution in [1.29, 1.82) is 0 Å². The Morgan fingerprint density at radius 1 is 1.20 bits per heavy atom. The molecule has 0 saturated carbocycles. The number of hydrogen-bond acceptors (Lipinski definition) is 3. The van der Waals surface area contributed by atoms with Gasteiger partial charge in [-0.2, -0.15) is 0 Å². The van der Waals surface area contributed by atoms with E-state index >= 15 is 0 Å². The van der Waals surface area contributed by atoms with Gasteiger partial charge in [0.2, 0.25) is 0 Å². The maximum Gasteiger partial charge on any atom is 0.128 e. The summed E-state index contributed by atoms with van der Waals surface area (Å²) in [7, 11) is 0. The molecule has 0 bridgehead atoms. The number of halogens is 2. The summed E-state index contributed by atoms with van der Waals surface area (Å²) in [4.78, 5) is 4.55. The monoisotopic (exact) mass is 283 g/mol. The van der Waals surface area contributed by atoms with Crippen LogP contribution in [0.25, 0.3) is 0 Å². The predicted octanol–water partition coefficient (Wildman–Crippen LogP) is 1.99. The van der Waals surface area contributed by atoms with Gasteiger partial charge < -0.3 is 10.6 Å². The molecule has 112 valence electrons. The molecule has 2 rings (SSSR count). The molecule has 1 aliphatic rings. The van der Waals surface area contributed by atoms with Crippen LogP contribution in [0.2, 0.25) is 0 Å². The molecular weight excluding hydrogens is 260 g/mol. The Labute approximate surface area is 119 Å². The van der Waals surface area contributed by atoms with E-state index < -0.39 is 5.82 Å². The minimum atomic E-state index is -0.413. The second kappa shape index (κ2) is 7.11. The van der Waals surface area contributed by atoms with Crippen molar-refractivity contribution in [3.8, 4) is 0 Å². The van der Waals surface area contributed by atoms with Crippen LogP contribution < -0.4 is 5.73 Å². The van der Waals surface area contributed by atoms with Gasteiger partial charge in [0.05, 0.1) is 6.04 Å². The van der Waals surface area contributed by atoms with Gasteiger partial charge >= 0.3 is 0 Å². The average molecular weight is 283 g/mol. The van der Waals surface area contributed by atoms with Gasteiger partial charge in [-0.05, 0) is 31.2 Å². The molecule has 3 nitrogen and oxygen atoms in total. The van der Waals surface area contributed by atoms with E-state index in [-0.39, 0.29) is 11.9 Å². The first-order valence-corrected chi connectivity index (χ1v) is 7.27. The zero-order valence-corrected chi connectivity index (χ0v) is 12.0.